The third kappa shape index (κ3) is 3.94. The predicted molar refractivity (Wildman–Crippen MR) is 101 cm³/mol. The second-order valence-corrected chi connectivity index (χ2v) is 7.87. The molecular weight excluding hydrogens is 378 g/mol. The van der Waals surface area contributed by atoms with Crippen molar-refractivity contribution in [1.29, 1.82) is 0 Å². The van der Waals surface area contributed by atoms with Gasteiger partial charge >= 0.3 is 5.97 Å². The first-order chi connectivity index (χ1) is 12.2. The Morgan fingerprint density at radius 1 is 1.19 bits per heavy atom. The number of carbonyl (C=O) groups excluding carboxylic acids is 1. The zero-order chi connectivity index (χ0) is 19.5. The monoisotopic (exact) mass is 397 g/mol. The van der Waals surface area contributed by atoms with Crippen LogP contribution in [0.3, 0.4) is 0 Å². The standard InChI is InChI=1S/C18H20ClNO5S/c1-5-25-18(21)13-7-6-12(2)16(10-13)20(3)26(22,23)14-8-9-17(24-4)15(19)11-14/h6-11H,5H2,1-4H3. The minimum Gasteiger partial charge on any atom is -0.495 e. The lowest BCUT2D eigenvalue weighted by molar-refractivity contribution is 0.0526. The van der Waals surface area contributed by atoms with E-state index in [4.69, 9.17) is 21.1 Å². The Balaban J connectivity index is 2.46. The molecule has 0 aromatic heterocycles. The Bertz CT molecular complexity index is 927. The first-order valence-electron chi connectivity index (χ1n) is 7.82. The summed E-state index contributed by atoms with van der Waals surface area (Å²) in [5, 5.41) is 0.193. The van der Waals surface area contributed by atoms with Crippen LogP contribution in [0.2, 0.25) is 5.02 Å². The fourth-order valence-corrected chi connectivity index (χ4v) is 3.99. The van der Waals surface area contributed by atoms with Crippen molar-refractivity contribution in [1.82, 2.24) is 0 Å². The number of halogens is 1. The van der Waals surface area contributed by atoms with Gasteiger partial charge in [-0.2, -0.15) is 0 Å². The van der Waals surface area contributed by atoms with Crippen LogP contribution in [0.1, 0.15) is 22.8 Å². The molecule has 140 valence electrons. The van der Waals surface area contributed by atoms with Crippen molar-refractivity contribution in [3.05, 3.63) is 52.5 Å². The highest BCUT2D eigenvalue weighted by Crippen LogP contribution is 2.31. The molecule has 0 aliphatic rings. The molecule has 0 unspecified atom stereocenters. The second kappa shape index (κ2) is 7.97. The van der Waals surface area contributed by atoms with Crippen molar-refractivity contribution < 1.29 is 22.7 Å². The van der Waals surface area contributed by atoms with E-state index in [1.807, 2.05) is 0 Å². The van der Waals surface area contributed by atoms with E-state index in [1.165, 1.54) is 38.4 Å². The van der Waals surface area contributed by atoms with Crippen molar-refractivity contribution in [3.8, 4) is 5.75 Å². The molecule has 0 saturated heterocycles. The van der Waals surface area contributed by atoms with Crippen molar-refractivity contribution in [3.63, 3.8) is 0 Å². The van der Waals surface area contributed by atoms with Gasteiger partial charge in [-0.25, -0.2) is 13.2 Å². The maximum absolute atomic E-state index is 13.0. The second-order valence-electron chi connectivity index (χ2n) is 5.49. The van der Waals surface area contributed by atoms with Crippen molar-refractivity contribution in [2.24, 2.45) is 0 Å². The number of rotatable bonds is 6. The van der Waals surface area contributed by atoms with Gasteiger partial charge in [-0.15, -0.1) is 0 Å². The molecule has 0 N–H and O–H groups in total. The normalized spacial score (nSPS) is 11.1. The summed E-state index contributed by atoms with van der Waals surface area (Å²) in [4.78, 5) is 12.0. The number of ether oxygens (including phenoxy) is 2. The van der Waals surface area contributed by atoms with Gasteiger partial charge in [-0.05, 0) is 49.7 Å². The molecule has 2 rings (SSSR count). The van der Waals surface area contributed by atoms with Crippen LogP contribution in [0, 0.1) is 6.92 Å². The van der Waals surface area contributed by atoms with Crippen LogP contribution < -0.4 is 9.04 Å². The van der Waals surface area contributed by atoms with E-state index in [9.17, 15) is 13.2 Å². The molecule has 2 aromatic carbocycles. The molecule has 8 heteroatoms. The molecule has 26 heavy (non-hydrogen) atoms. The SMILES string of the molecule is CCOC(=O)c1ccc(C)c(N(C)S(=O)(=O)c2ccc(OC)c(Cl)c2)c1. The molecule has 0 atom stereocenters. The van der Waals surface area contributed by atoms with Gasteiger partial charge in [-0.3, -0.25) is 4.31 Å². The fourth-order valence-electron chi connectivity index (χ4n) is 2.39. The van der Waals surface area contributed by atoms with Gasteiger partial charge in [-0.1, -0.05) is 17.7 Å². The van der Waals surface area contributed by atoms with Gasteiger partial charge in [0.15, 0.2) is 0 Å². The summed E-state index contributed by atoms with van der Waals surface area (Å²) in [5.74, 6) is -0.124. The molecule has 0 heterocycles. The molecule has 0 fully saturated rings. The van der Waals surface area contributed by atoms with Gasteiger partial charge in [0.25, 0.3) is 10.0 Å². The largest absolute Gasteiger partial charge is 0.495 e. The van der Waals surface area contributed by atoms with Gasteiger partial charge in [0.1, 0.15) is 5.75 Å². The minimum atomic E-state index is -3.88. The van der Waals surface area contributed by atoms with Crippen molar-refractivity contribution in [2.75, 3.05) is 25.1 Å². The number of anilines is 1. The van der Waals surface area contributed by atoms with E-state index in [1.54, 1.807) is 26.0 Å². The van der Waals surface area contributed by atoms with Crippen LogP contribution in [0.15, 0.2) is 41.3 Å². The van der Waals surface area contributed by atoms with Crippen molar-refractivity contribution >= 4 is 33.3 Å². The molecule has 0 bridgehead atoms. The smallest absolute Gasteiger partial charge is 0.338 e. The summed E-state index contributed by atoms with van der Waals surface area (Å²) in [5.41, 5.74) is 1.36. The predicted octanol–water partition coefficient (Wildman–Crippen LogP) is 3.66. The van der Waals surface area contributed by atoms with E-state index in [-0.39, 0.29) is 22.1 Å². The zero-order valence-corrected chi connectivity index (χ0v) is 16.5. The maximum Gasteiger partial charge on any atom is 0.338 e. The average molecular weight is 398 g/mol. The molecule has 0 radical (unpaired) electrons. The van der Waals surface area contributed by atoms with Crippen LogP contribution in [0.25, 0.3) is 0 Å². The first kappa shape index (κ1) is 20.1. The van der Waals surface area contributed by atoms with Crippen LogP contribution >= 0.6 is 11.6 Å². The molecule has 2 aromatic rings. The van der Waals surface area contributed by atoms with Gasteiger partial charge in [0.2, 0.25) is 0 Å². The Labute approximate surface area is 158 Å². The van der Waals surface area contributed by atoms with Crippen LogP contribution in [-0.4, -0.2) is 35.2 Å². The summed E-state index contributed by atoms with van der Waals surface area (Å²) in [7, 11) is -1.00. The average Bonchev–Trinajstić information content (AvgIpc) is 2.61. The number of methoxy groups -OCH3 is 1. The summed E-state index contributed by atoms with van der Waals surface area (Å²) in [6, 6.07) is 9.01. The zero-order valence-electron chi connectivity index (χ0n) is 14.9. The number of sulfonamides is 1. The van der Waals surface area contributed by atoms with Gasteiger partial charge in [0, 0.05) is 7.05 Å². The maximum atomic E-state index is 13.0. The Morgan fingerprint density at radius 3 is 2.46 bits per heavy atom. The Morgan fingerprint density at radius 2 is 1.88 bits per heavy atom. The summed E-state index contributed by atoms with van der Waals surface area (Å²) in [6.07, 6.45) is 0. The number of hydrogen-bond donors (Lipinski definition) is 0. The number of hydrogen-bond acceptors (Lipinski definition) is 5. The number of benzene rings is 2. The van der Waals surface area contributed by atoms with E-state index >= 15 is 0 Å². The van der Waals surface area contributed by atoms with E-state index in [2.05, 4.69) is 0 Å². The van der Waals surface area contributed by atoms with Crippen molar-refractivity contribution in [2.45, 2.75) is 18.7 Å². The highest BCUT2D eigenvalue weighted by Gasteiger charge is 2.24. The lowest BCUT2D eigenvalue weighted by Gasteiger charge is -2.22. The molecule has 0 saturated carbocycles. The topological polar surface area (TPSA) is 72.9 Å². The van der Waals surface area contributed by atoms with Crippen LogP contribution in [0.5, 0.6) is 5.75 Å². The lowest BCUT2D eigenvalue weighted by atomic mass is 10.1. The van der Waals surface area contributed by atoms with Crippen LogP contribution in [-0.2, 0) is 14.8 Å². The Kier molecular flexibility index (Phi) is 6.15. The lowest BCUT2D eigenvalue weighted by Crippen LogP contribution is -2.27. The number of nitrogens with zero attached hydrogens (tertiary/aromatic N) is 1. The number of esters is 1. The molecule has 0 spiro atoms. The van der Waals surface area contributed by atoms with Crippen LogP contribution in [0.4, 0.5) is 5.69 Å². The van der Waals surface area contributed by atoms with Gasteiger partial charge < -0.3 is 9.47 Å². The minimum absolute atomic E-state index is 0.0201. The first-order valence-corrected chi connectivity index (χ1v) is 9.64. The third-order valence-corrected chi connectivity index (χ3v) is 5.90. The van der Waals surface area contributed by atoms with E-state index in [0.717, 1.165) is 4.31 Å². The highest BCUT2D eigenvalue weighted by atomic mass is 35.5. The summed E-state index contributed by atoms with van der Waals surface area (Å²) in [6.45, 7) is 3.70. The van der Waals surface area contributed by atoms with E-state index < -0.39 is 16.0 Å². The number of carbonyl (C=O) groups is 1. The summed E-state index contributed by atoms with van der Waals surface area (Å²) >= 11 is 6.05. The quantitative estimate of drug-likeness (QED) is 0.695. The molecule has 0 amide bonds. The molecule has 6 nitrogen and oxygen atoms in total. The number of aryl methyl sites for hydroxylation is 1. The van der Waals surface area contributed by atoms with E-state index in [0.29, 0.717) is 17.0 Å². The third-order valence-electron chi connectivity index (χ3n) is 3.84. The Hall–Kier alpha value is -2.25. The molecule has 0 aliphatic carbocycles. The highest BCUT2D eigenvalue weighted by molar-refractivity contribution is 7.92. The molecular formula is C18H20ClNO5S. The fraction of sp³-hybridized carbons (Fsp3) is 0.278. The summed E-state index contributed by atoms with van der Waals surface area (Å²) < 4.78 is 37.0. The molecule has 0 aliphatic heterocycles. The van der Waals surface area contributed by atoms with Gasteiger partial charge in [0.05, 0.1) is 34.9 Å².